The van der Waals surface area contributed by atoms with E-state index in [0.29, 0.717) is 12.2 Å². The molecule has 1 aromatic carbocycles. The third kappa shape index (κ3) is 3.14. The van der Waals surface area contributed by atoms with Gasteiger partial charge < -0.3 is 5.32 Å². The Bertz CT molecular complexity index is 780. The van der Waals surface area contributed by atoms with Crippen LogP contribution in [0.2, 0.25) is 0 Å². The fourth-order valence-electron chi connectivity index (χ4n) is 2.38. The van der Waals surface area contributed by atoms with Crippen LogP contribution in [-0.4, -0.2) is 27.2 Å². The predicted molar refractivity (Wildman–Crippen MR) is 85.7 cm³/mol. The molecule has 0 radical (unpaired) electrons. The van der Waals surface area contributed by atoms with Gasteiger partial charge in [-0.05, 0) is 37.1 Å². The molecule has 112 valence electrons. The molecule has 0 saturated carbocycles. The van der Waals surface area contributed by atoms with Gasteiger partial charge in [0.2, 0.25) is 0 Å². The van der Waals surface area contributed by atoms with Crippen LogP contribution >= 0.6 is 0 Å². The van der Waals surface area contributed by atoms with E-state index < -0.39 is 0 Å². The van der Waals surface area contributed by atoms with Gasteiger partial charge in [0.25, 0.3) is 5.91 Å². The monoisotopic (exact) mass is 294 g/mol. The van der Waals surface area contributed by atoms with Crippen molar-refractivity contribution in [1.29, 1.82) is 0 Å². The molecule has 0 aliphatic heterocycles. The molecule has 0 aliphatic rings. The third-order valence-corrected chi connectivity index (χ3v) is 3.53. The molecule has 3 aromatic rings. The van der Waals surface area contributed by atoms with Gasteiger partial charge in [-0.2, -0.15) is 5.10 Å². The fourth-order valence-corrected chi connectivity index (χ4v) is 2.38. The van der Waals surface area contributed by atoms with E-state index in [1.54, 1.807) is 24.4 Å². The van der Waals surface area contributed by atoms with Crippen molar-refractivity contribution in [1.82, 2.24) is 20.1 Å². The van der Waals surface area contributed by atoms with Crippen LogP contribution in [0.5, 0.6) is 0 Å². The van der Waals surface area contributed by atoms with E-state index in [9.17, 15) is 4.79 Å². The Kier molecular flexibility index (Phi) is 4.14. The zero-order valence-corrected chi connectivity index (χ0v) is 12.5. The summed E-state index contributed by atoms with van der Waals surface area (Å²) in [5.74, 6) is -0.137. The summed E-state index contributed by atoms with van der Waals surface area (Å²) in [6, 6.07) is 11.6. The number of aromatic nitrogens is 3. The Morgan fingerprint density at radius 2 is 2.18 bits per heavy atom. The lowest BCUT2D eigenvalue weighted by atomic mass is 10.2. The van der Waals surface area contributed by atoms with E-state index in [2.05, 4.69) is 40.5 Å². The number of carbonyl (C=O) groups excluding carboxylic acids is 1. The van der Waals surface area contributed by atoms with Crippen molar-refractivity contribution in [2.75, 3.05) is 6.54 Å². The molecule has 22 heavy (non-hydrogen) atoms. The number of amides is 1. The molecule has 0 unspecified atom stereocenters. The Labute approximate surface area is 129 Å². The molecule has 0 spiro atoms. The highest BCUT2D eigenvalue weighted by atomic mass is 16.1. The maximum absolute atomic E-state index is 11.9. The van der Waals surface area contributed by atoms with Crippen molar-refractivity contribution in [3.05, 3.63) is 60.0 Å². The molecular formula is C17H18N4O. The topological polar surface area (TPSA) is 59.8 Å². The number of aryl methyl sites for hydroxylation is 2. The van der Waals surface area contributed by atoms with Crippen LogP contribution in [0.15, 0.2) is 48.8 Å². The van der Waals surface area contributed by atoms with Gasteiger partial charge >= 0.3 is 0 Å². The molecule has 5 heteroatoms. The van der Waals surface area contributed by atoms with Crippen LogP contribution < -0.4 is 5.32 Å². The van der Waals surface area contributed by atoms with Gasteiger partial charge in [-0.25, -0.2) is 0 Å². The van der Waals surface area contributed by atoms with Crippen molar-refractivity contribution in [3.8, 4) is 0 Å². The molecule has 0 aliphatic carbocycles. The van der Waals surface area contributed by atoms with Crippen molar-refractivity contribution in [2.45, 2.75) is 19.9 Å². The van der Waals surface area contributed by atoms with E-state index in [-0.39, 0.29) is 5.91 Å². The first kappa shape index (κ1) is 14.3. The summed E-state index contributed by atoms with van der Waals surface area (Å²) in [7, 11) is 0. The zero-order chi connectivity index (χ0) is 15.4. The summed E-state index contributed by atoms with van der Waals surface area (Å²) in [6.45, 7) is 3.45. The number of nitrogens with zero attached hydrogens (tertiary/aromatic N) is 3. The van der Waals surface area contributed by atoms with Gasteiger partial charge in [-0.15, -0.1) is 0 Å². The average Bonchev–Trinajstić information content (AvgIpc) is 2.94. The molecule has 2 aromatic heterocycles. The average molecular weight is 294 g/mol. The SMILES string of the molecule is Cc1ccc2cnn(CCCNC(=O)c3ccccn3)c2c1. The summed E-state index contributed by atoms with van der Waals surface area (Å²) >= 11 is 0. The molecule has 2 heterocycles. The molecule has 1 amide bonds. The molecule has 3 rings (SSSR count). The zero-order valence-electron chi connectivity index (χ0n) is 12.5. The second kappa shape index (κ2) is 6.39. The van der Waals surface area contributed by atoms with E-state index in [4.69, 9.17) is 0 Å². The molecular weight excluding hydrogens is 276 g/mol. The predicted octanol–water partition coefficient (Wildman–Crippen LogP) is 2.56. The lowest BCUT2D eigenvalue weighted by Crippen LogP contribution is -2.26. The Hall–Kier alpha value is -2.69. The van der Waals surface area contributed by atoms with Gasteiger partial charge in [0.15, 0.2) is 0 Å². The van der Waals surface area contributed by atoms with Crippen LogP contribution in [0.25, 0.3) is 10.9 Å². The molecule has 0 bridgehead atoms. The maximum Gasteiger partial charge on any atom is 0.269 e. The van der Waals surface area contributed by atoms with Crippen molar-refractivity contribution < 1.29 is 4.79 Å². The maximum atomic E-state index is 11.9. The van der Waals surface area contributed by atoms with Crippen LogP contribution in [0.1, 0.15) is 22.5 Å². The van der Waals surface area contributed by atoms with Crippen LogP contribution in [-0.2, 0) is 6.54 Å². The highest BCUT2D eigenvalue weighted by Gasteiger charge is 2.06. The number of hydrogen-bond acceptors (Lipinski definition) is 3. The second-order valence-corrected chi connectivity index (χ2v) is 5.25. The molecule has 0 fully saturated rings. The van der Waals surface area contributed by atoms with E-state index in [0.717, 1.165) is 23.9 Å². The number of benzene rings is 1. The highest BCUT2D eigenvalue weighted by Crippen LogP contribution is 2.15. The highest BCUT2D eigenvalue weighted by molar-refractivity contribution is 5.92. The van der Waals surface area contributed by atoms with Crippen LogP contribution in [0.3, 0.4) is 0 Å². The minimum absolute atomic E-state index is 0.137. The third-order valence-electron chi connectivity index (χ3n) is 3.53. The van der Waals surface area contributed by atoms with Gasteiger partial charge in [0.1, 0.15) is 5.69 Å². The first-order chi connectivity index (χ1) is 10.7. The first-order valence-electron chi connectivity index (χ1n) is 7.35. The number of rotatable bonds is 5. The summed E-state index contributed by atoms with van der Waals surface area (Å²) in [4.78, 5) is 15.9. The lowest BCUT2D eigenvalue weighted by molar-refractivity contribution is 0.0947. The standard InChI is InChI=1S/C17H18N4O/c1-13-6-7-14-12-20-21(16(14)11-13)10-4-9-19-17(22)15-5-2-3-8-18-15/h2-3,5-8,11-12H,4,9-10H2,1H3,(H,19,22). The van der Waals surface area contributed by atoms with Crippen molar-refractivity contribution in [3.63, 3.8) is 0 Å². The number of fused-ring (bicyclic) bond motifs is 1. The van der Waals surface area contributed by atoms with Crippen molar-refractivity contribution in [2.24, 2.45) is 0 Å². The van der Waals surface area contributed by atoms with Gasteiger partial charge in [-0.3, -0.25) is 14.5 Å². The Morgan fingerprint density at radius 1 is 1.27 bits per heavy atom. The fraction of sp³-hybridized carbons (Fsp3) is 0.235. The molecule has 0 saturated heterocycles. The van der Waals surface area contributed by atoms with Gasteiger partial charge in [0, 0.05) is 24.7 Å². The van der Waals surface area contributed by atoms with Crippen molar-refractivity contribution >= 4 is 16.8 Å². The first-order valence-corrected chi connectivity index (χ1v) is 7.35. The Morgan fingerprint density at radius 3 is 3.00 bits per heavy atom. The number of carbonyl (C=O) groups is 1. The number of nitrogens with one attached hydrogen (secondary N) is 1. The molecule has 0 atom stereocenters. The van der Waals surface area contributed by atoms with E-state index >= 15 is 0 Å². The minimum Gasteiger partial charge on any atom is -0.351 e. The minimum atomic E-state index is -0.137. The summed E-state index contributed by atoms with van der Waals surface area (Å²) < 4.78 is 1.98. The summed E-state index contributed by atoms with van der Waals surface area (Å²) in [5, 5.41) is 8.42. The number of pyridine rings is 1. The normalized spacial score (nSPS) is 10.8. The summed E-state index contributed by atoms with van der Waals surface area (Å²) in [5.41, 5.74) is 2.80. The van der Waals surface area contributed by atoms with Crippen LogP contribution in [0.4, 0.5) is 0 Å². The van der Waals surface area contributed by atoms with Crippen LogP contribution in [0, 0.1) is 6.92 Å². The lowest BCUT2D eigenvalue weighted by Gasteiger charge is -2.06. The number of hydrogen-bond donors (Lipinski definition) is 1. The Balaban J connectivity index is 1.54. The largest absolute Gasteiger partial charge is 0.351 e. The van der Waals surface area contributed by atoms with Gasteiger partial charge in [0.05, 0.1) is 11.7 Å². The molecule has 5 nitrogen and oxygen atoms in total. The molecule has 1 N–H and O–H groups in total. The second-order valence-electron chi connectivity index (χ2n) is 5.25. The van der Waals surface area contributed by atoms with E-state index in [1.165, 1.54) is 5.56 Å². The smallest absolute Gasteiger partial charge is 0.269 e. The summed E-state index contributed by atoms with van der Waals surface area (Å²) in [6.07, 6.45) is 4.32. The van der Waals surface area contributed by atoms with E-state index in [1.807, 2.05) is 10.9 Å². The quantitative estimate of drug-likeness (QED) is 0.736. The van der Waals surface area contributed by atoms with Gasteiger partial charge in [-0.1, -0.05) is 18.2 Å².